The van der Waals surface area contributed by atoms with Gasteiger partial charge >= 0.3 is 0 Å². The highest BCUT2D eigenvalue weighted by Crippen LogP contribution is 2.45. The highest BCUT2D eigenvalue weighted by atomic mass is 15.1. The standard InChI is InChI=1S/C41H54N2/c1-6-30-26-39-37(19-21-42-40(39)27-32(30)13-9-12-24-43-22-10-8-11-23-43)38(25-29(3)31-14-15-31)36-17-16-33-28-41(4,5)20-18-35(33)34(36)7-2/h16-21,26-27,31,38H,3,6-15,22-25,28H2,1-2,4-5H3/t38-/m0/s1. The normalized spacial score (nSPS) is 19.0. The Morgan fingerprint density at radius 1 is 0.977 bits per heavy atom. The second-order valence-corrected chi connectivity index (χ2v) is 14.5. The number of aromatic nitrogens is 1. The number of rotatable bonds is 12. The van der Waals surface area contributed by atoms with Gasteiger partial charge in [-0.2, -0.15) is 0 Å². The molecule has 2 aromatic carbocycles. The smallest absolute Gasteiger partial charge is 0.0707 e. The van der Waals surface area contributed by atoms with Gasteiger partial charge in [-0.05, 0) is 159 Å². The molecule has 2 fully saturated rings. The van der Waals surface area contributed by atoms with E-state index in [1.54, 1.807) is 0 Å². The van der Waals surface area contributed by atoms with Crippen molar-refractivity contribution >= 4 is 17.0 Å². The van der Waals surface area contributed by atoms with E-state index in [9.17, 15) is 0 Å². The van der Waals surface area contributed by atoms with Crippen molar-refractivity contribution in [1.82, 2.24) is 9.88 Å². The summed E-state index contributed by atoms with van der Waals surface area (Å²) in [6.45, 7) is 17.9. The Balaban J connectivity index is 1.34. The molecule has 1 atom stereocenters. The molecule has 3 aliphatic rings. The van der Waals surface area contributed by atoms with Crippen LogP contribution in [-0.2, 0) is 25.7 Å². The highest BCUT2D eigenvalue weighted by Gasteiger charge is 2.30. The molecular weight excluding hydrogens is 520 g/mol. The van der Waals surface area contributed by atoms with Gasteiger partial charge in [-0.3, -0.25) is 4.98 Å². The fourth-order valence-electron chi connectivity index (χ4n) is 7.98. The van der Waals surface area contributed by atoms with Gasteiger partial charge in [-0.1, -0.05) is 70.6 Å². The van der Waals surface area contributed by atoms with Gasteiger partial charge in [0.1, 0.15) is 0 Å². The third-order valence-corrected chi connectivity index (χ3v) is 10.7. The number of likely N-dealkylation sites (tertiary alicyclic amines) is 1. The second-order valence-electron chi connectivity index (χ2n) is 14.5. The van der Waals surface area contributed by atoms with Crippen LogP contribution in [0.5, 0.6) is 0 Å². The Kier molecular flexibility index (Phi) is 9.24. The van der Waals surface area contributed by atoms with Gasteiger partial charge in [0.05, 0.1) is 5.52 Å². The molecule has 0 radical (unpaired) electrons. The monoisotopic (exact) mass is 574 g/mol. The molecule has 0 bridgehead atoms. The lowest BCUT2D eigenvalue weighted by molar-refractivity contribution is 0.225. The van der Waals surface area contributed by atoms with Crippen LogP contribution in [0, 0.1) is 11.3 Å². The molecule has 228 valence electrons. The zero-order valence-corrected chi connectivity index (χ0v) is 27.5. The molecule has 2 nitrogen and oxygen atoms in total. The van der Waals surface area contributed by atoms with E-state index in [2.05, 4.69) is 87.9 Å². The van der Waals surface area contributed by atoms with Crippen molar-refractivity contribution in [2.45, 2.75) is 111 Å². The number of pyridine rings is 1. The Bertz CT molecular complexity index is 1480. The summed E-state index contributed by atoms with van der Waals surface area (Å²) in [6.07, 6.45) is 21.7. The lowest BCUT2D eigenvalue weighted by Gasteiger charge is -2.30. The van der Waals surface area contributed by atoms with Gasteiger partial charge in [0.25, 0.3) is 0 Å². The van der Waals surface area contributed by atoms with Crippen LogP contribution < -0.4 is 0 Å². The number of nitrogens with zero attached hydrogens (tertiary/aromatic N) is 2. The molecule has 0 N–H and O–H groups in total. The van der Waals surface area contributed by atoms with E-state index in [1.165, 1.54) is 120 Å². The van der Waals surface area contributed by atoms with Crippen molar-refractivity contribution in [3.63, 3.8) is 0 Å². The van der Waals surface area contributed by atoms with Crippen LogP contribution >= 0.6 is 0 Å². The minimum Gasteiger partial charge on any atom is -0.303 e. The quantitative estimate of drug-likeness (QED) is 0.158. The lowest BCUT2D eigenvalue weighted by atomic mass is 9.74. The van der Waals surface area contributed by atoms with Crippen LogP contribution in [-0.4, -0.2) is 29.5 Å². The van der Waals surface area contributed by atoms with Crippen molar-refractivity contribution in [2.24, 2.45) is 11.3 Å². The third-order valence-electron chi connectivity index (χ3n) is 10.7. The second kappa shape index (κ2) is 13.1. The number of benzene rings is 2. The Morgan fingerprint density at radius 2 is 1.79 bits per heavy atom. The average Bonchev–Trinajstić information content (AvgIpc) is 3.87. The maximum absolute atomic E-state index is 4.97. The number of hydrogen-bond donors (Lipinski definition) is 0. The molecule has 1 saturated carbocycles. The summed E-state index contributed by atoms with van der Waals surface area (Å²) in [4.78, 5) is 7.65. The van der Waals surface area contributed by atoms with E-state index in [4.69, 9.17) is 4.98 Å². The van der Waals surface area contributed by atoms with Gasteiger partial charge in [-0.25, -0.2) is 0 Å². The fourth-order valence-corrected chi connectivity index (χ4v) is 7.98. The molecule has 2 heterocycles. The minimum atomic E-state index is 0.225. The number of fused-ring (bicyclic) bond motifs is 2. The Labute approximate surface area is 261 Å². The zero-order valence-electron chi connectivity index (χ0n) is 27.5. The molecule has 0 amide bonds. The summed E-state index contributed by atoms with van der Waals surface area (Å²) in [5.74, 6) is 1.02. The molecule has 43 heavy (non-hydrogen) atoms. The molecule has 1 aromatic heterocycles. The van der Waals surface area contributed by atoms with Gasteiger partial charge in [-0.15, -0.1) is 0 Å². The van der Waals surface area contributed by atoms with Gasteiger partial charge in [0.15, 0.2) is 0 Å². The molecule has 2 heteroatoms. The van der Waals surface area contributed by atoms with Crippen molar-refractivity contribution in [3.05, 3.63) is 93.7 Å². The molecule has 6 rings (SSSR count). The van der Waals surface area contributed by atoms with E-state index in [0.717, 1.165) is 32.1 Å². The summed E-state index contributed by atoms with van der Waals surface area (Å²) in [5.41, 5.74) is 13.3. The zero-order chi connectivity index (χ0) is 30.0. The predicted molar refractivity (Wildman–Crippen MR) is 185 cm³/mol. The average molecular weight is 575 g/mol. The largest absolute Gasteiger partial charge is 0.303 e. The molecule has 2 aliphatic carbocycles. The maximum atomic E-state index is 4.97. The number of allylic oxidation sites excluding steroid dienone is 2. The molecule has 3 aromatic rings. The summed E-state index contributed by atoms with van der Waals surface area (Å²) >= 11 is 0. The Hall–Kier alpha value is -2.71. The number of piperidine rings is 1. The van der Waals surface area contributed by atoms with Crippen LogP contribution in [0.2, 0.25) is 0 Å². The fraction of sp³-hybridized carbons (Fsp3) is 0.537. The Morgan fingerprint density at radius 3 is 2.53 bits per heavy atom. The molecular formula is C41H54N2. The SMILES string of the molecule is C=C(C[C@@H](c1ccc2c(c1CC)C=CC(C)(C)C2)c1ccnc2cc(CCCCN3CCCCC3)c(CC)cc12)C1CC1. The third kappa shape index (κ3) is 6.85. The van der Waals surface area contributed by atoms with Crippen molar-refractivity contribution in [3.8, 4) is 0 Å². The molecule has 1 aliphatic heterocycles. The summed E-state index contributed by atoms with van der Waals surface area (Å²) < 4.78 is 0. The molecule has 0 unspecified atom stereocenters. The minimum absolute atomic E-state index is 0.225. The topological polar surface area (TPSA) is 16.1 Å². The van der Waals surface area contributed by atoms with E-state index < -0.39 is 0 Å². The van der Waals surface area contributed by atoms with Crippen molar-refractivity contribution < 1.29 is 0 Å². The molecule has 0 spiro atoms. The highest BCUT2D eigenvalue weighted by molar-refractivity contribution is 5.85. The first-order valence-electron chi connectivity index (χ1n) is 17.5. The number of aryl methyl sites for hydroxylation is 2. The van der Waals surface area contributed by atoms with Crippen LogP contribution in [0.15, 0.2) is 54.8 Å². The van der Waals surface area contributed by atoms with Crippen LogP contribution in [0.3, 0.4) is 0 Å². The molecule has 1 saturated heterocycles. The predicted octanol–water partition coefficient (Wildman–Crippen LogP) is 10.3. The van der Waals surface area contributed by atoms with Crippen molar-refractivity contribution in [1.29, 1.82) is 0 Å². The van der Waals surface area contributed by atoms with Gasteiger partial charge in [0.2, 0.25) is 0 Å². The first kappa shape index (κ1) is 30.3. The van der Waals surface area contributed by atoms with Crippen LogP contribution in [0.1, 0.15) is 124 Å². The van der Waals surface area contributed by atoms with Gasteiger partial charge in [0, 0.05) is 17.5 Å². The van der Waals surface area contributed by atoms with Gasteiger partial charge < -0.3 is 4.90 Å². The lowest BCUT2D eigenvalue weighted by Crippen LogP contribution is -2.30. The summed E-state index contributed by atoms with van der Waals surface area (Å²) in [6, 6.07) is 12.2. The summed E-state index contributed by atoms with van der Waals surface area (Å²) in [7, 11) is 0. The van der Waals surface area contributed by atoms with E-state index in [1.807, 2.05) is 0 Å². The van der Waals surface area contributed by atoms with Crippen LogP contribution in [0.25, 0.3) is 17.0 Å². The first-order chi connectivity index (χ1) is 20.9. The number of hydrogen-bond acceptors (Lipinski definition) is 2. The van der Waals surface area contributed by atoms with E-state index in [-0.39, 0.29) is 5.41 Å². The van der Waals surface area contributed by atoms with E-state index >= 15 is 0 Å². The number of unbranched alkanes of at least 4 members (excludes halogenated alkanes) is 1. The first-order valence-corrected chi connectivity index (χ1v) is 17.5. The van der Waals surface area contributed by atoms with Crippen molar-refractivity contribution in [2.75, 3.05) is 19.6 Å². The van der Waals surface area contributed by atoms with Crippen LogP contribution in [0.4, 0.5) is 0 Å². The maximum Gasteiger partial charge on any atom is 0.0707 e. The van der Waals surface area contributed by atoms with E-state index in [0.29, 0.717) is 11.8 Å². The summed E-state index contributed by atoms with van der Waals surface area (Å²) in [5, 5.41) is 1.35.